The normalized spacial score (nSPS) is 13.8. The van der Waals surface area contributed by atoms with Gasteiger partial charge in [-0.05, 0) is 30.7 Å². The zero-order chi connectivity index (χ0) is 21.8. The van der Waals surface area contributed by atoms with E-state index in [1.807, 2.05) is 0 Å². The highest BCUT2D eigenvalue weighted by Crippen LogP contribution is 2.27. The van der Waals surface area contributed by atoms with Crippen LogP contribution in [0.5, 0.6) is 0 Å². The number of hydrogen-bond acceptors (Lipinski definition) is 6. The molecule has 0 unspecified atom stereocenters. The van der Waals surface area contributed by atoms with Crippen LogP contribution in [0.3, 0.4) is 0 Å². The van der Waals surface area contributed by atoms with Crippen molar-refractivity contribution in [3.8, 4) is 0 Å². The number of Topliss-reactive ketones (excluding diaryl/α,β-unsaturated/α-hetero) is 1. The summed E-state index contributed by atoms with van der Waals surface area (Å²) in [5.74, 6) is -4.19. The van der Waals surface area contributed by atoms with E-state index >= 15 is 0 Å². The number of carbonyl (C=O) groups is 4. The number of allylic oxidation sites excluding steroid dienone is 2. The van der Waals surface area contributed by atoms with Crippen LogP contribution >= 0.6 is 23.2 Å². The average Bonchev–Trinajstić information content (AvgIpc) is 2.72. The fourth-order valence-corrected chi connectivity index (χ4v) is 3.14. The second kappa shape index (κ2) is 9.07. The largest absolute Gasteiger partial charge is 0.419 e. The first-order chi connectivity index (χ1) is 14.3. The third-order valence-corrected chi connectivity index (χ3v) is 4.86. The number of hydrogen-bond donors (Lipinski definition) is 0. The molecule has 1 aliphatic carbocycles. The van der Waals surface area contributed by atoms with Crippen molar-refractivity contribution in [2.45, 2.75) is 13.3 Å². The maximum absolute atomic E-state index is 12.7. The fourth-order valence-electron chi connectivity index (χ4n) is 2.72. The quantitative estimate of drug-likeness (QED) is 0.490. The first-order valence-corrected chi connectivity index (χ1v) is 9.56. The molecule has 0 aromatic heterocycles. The maximum Gasteiger partial charge on any atom is 0.345 e. The lowest BCUT2D eigenvalue weighted by atomic mass is 9.97. The molecule has 0 amide bonds. The molecule has 6 nitrogen and oxygen atoms in total. The molecule has 2 aromatic carbocycles. The number of ether oxygens (including phenoxy) is 2. The van der Waals surface area contributed by atoms with Crippen LogP contribution in [-0.4, -0.2) is 23.5 Å². The lowest BCUT2D eigenvalue weighted by molar-refractivity contribution is -0.119. The van der Waals surface area contributed by atoms with E-state index in [1.54, 1.807) is 31.2 Å². The van der Waals surface area contributed by atoms with Crippen molar-refractivity contribution in [3.05, 3.63) is 92.9 Å². The van der Waals surface area contributed by atoms with Crippen LogP contribution in [-0.2, 0) is 19.1 Å². The minimum atomic E-state index is -0.889. The lowest BCUT2D eigenvalue weighted by Gasteiger charge is -2.18. The molecular weight excluding hydrogens is 431 g/mol. The number of esters is 2. The Morgan fingerprint density at radius 3 is 1.83 bits per heavy atom. The van der Waals surface area contributed by atoms with Gasteiger partial charge in [-0.3, -0.25) is 9.59 Å². The Kier molecular flexibility index (Phi) is 6.50. The third kappa shape index (κ3) is 4.35. The summed E-state index contributed by atoms with van der Waals surface area (Å²) in [4.78, 5) is 50.0. The van der Waals surface area contributed by atoms with Gasteiger partial charge in [0.25, 0.3) is 0 Å². The summed E-state index contributed by atoms with van der Waals surface area (Å²) in [5.41, 5.74) is -0.00885. The number of rotatable bonds is 5. The van der Waals surface area contributed by atoms with Crippen LogP contribution in [0.25, 0.3) is 0 Å². The van der Waals surface area contributed by atoms with Gasteiger partial charge in [0.1, 0.15) is 0 Å². The Labute approximate surface area is 181 Å². The second-order valence-electron chi connectivity index (χ2n) is 6.10. The van der Waals surface area contributed by atoms with Crippen molar-refractivity contribution < 1.29 is 28.7 Å². The van der Waals surface area contributed by atoms with Gasteiger partial charge < -0.3 is 9.47 Å². The number of halogens is 2. The first kappa shape index (κ1) is 21.5. The second-order valence-corrected chi connectivity index (χ2v) is 6.92. The van der Waals surface area contributed by atoms with Gasteiger partial charge in [-0.2, -0.15) is 0 Å². The van der Waals surface area contributed by atoms with Gasteiger partial charge in [-0.1, -0.05) is 54.4 Å². The number of ketones is 2. The summed E-state index contributed by atoms with van der Waals surface area (Å²) >= 11 is 11.9. The predicted molar refractivity (Wildman–Crippen MR) is 109 cm³/mol. The SMILES string of the molecule is CCC1=C(OC(=O)c2ccccc2Cl)C(=O)C=C(OC(=O)c2ccccc2Cl)C1=O. The smallest absolute Gasteiger partial charge is 0.345 e. The van der Waals surface area contributed by atoms with Crippen LogP contribution < -0.4 is 0 Å². The van der Waals surface area contributed by atoms with Gasteiger partial charge in [0.05, 0.1) is 26.7 Å². The minimum absolute atomic E-state index is 0.0401. The molecule has 0 spiro atoms. The summed E-state index contributed by atoms with van der Waals surface area (Å²) < 4.78 is 10.3. The minimum Gasteiger partial charge on any atom is -0.419 e. The molecule has 152 valence electrons. The predicted octanol–water partition coefficient (Wildman–Crippen LogP) is 4.71. The molecule has 0 saturated carbocycles. The molecule has 3 rings (SSSR count). The zero-order valence-corrected chi connectivity index (χ0v) is 17.1. The number of benzene rings is 2. The topological polar surface area (TPSA) is 86.7 Å². The van der Waals surface area contributed by atoms with Crippen molar-refractivity contribution in [2.75, 3.05) is 0 Å². The standard InChI is InChI=1S/C22H14Cl2O6/c1-2-12-19(26)18(29-21(27)13-7-3-5-9-15(13)23)11-17(25)20(12)30-22(28)14-8-4-6-10-16(14)24/h3-11H,2H2,1H3. The number of carbonyl (C=O) groups excluding carboxylic acids is 4. The highest BCUT2D eigenvalue weighted by atomic mass is 35.5. The average molecular weight is 445 g/mol. The van der Waals surface area contributed by atoms with Gasteiger partial charge in [-0.25, -0.2) is 9.59 Å². The van der Waals surface area contributed by atoms with E-state index < -0.39 is 35.0 Å². The van der Waals surface area contributed by atoms with Crippen molar-refractivity contribution in [1.29, 1.82) is 0 Å². The Morgan fingerprint density at radius 2 is 1.33 bits per heavy atom. The Morgan fingerprint density at radius 1 is 0.833 bits per heavy atom. The molecule has 30 heavy (non-hydrogen) atoms. The summed E-state index contributed by atoms with van der Waals surface area (Å²) in [7, 11) is 0. The summed E-state index contributed by atoms with van der Waals surface area (Å²) in [5, 5.41) is 0.277. The molecule has 2 aromatic rings. The first-order valence-electron chi connectivity index (χ1n) is 8.80. The Balaban J connectivity index is 1.85. The summed E-state index contributed by atoms with van der Waals surface area (Å²) in [6, 6.07) is 12.3. The van der Waals surface area contributed by atoms with Crippen molar-refractivity contribution in [2.24, 2.45) is 0 Å². The van der Waals surface area contributed by atoms with Gasteiger partial charge in [0.15, 0.2) is 11.5 Å². The van der Waals surface area contributed by atoms with Crippen molar-refractivity contribution in [1.82, 2.24) is 0 Å². The highest BCUT2D eigenvalue weighted by Gasteiger charge is 2.33. The Hall–Kier alpha value is -3.22. The van der Waals surface area contributed by atoms with E-state index in [4.69, 9.17) is 32.7 Å². The molecule has 0 aliphatic heterocycles. The van der Waals surface area contributed by atoms with Gasteiger partial charge in [0, 0.05) is 6.08 Å². The van der Waals surface area contributed by atoms with E-state index in [1.165, 1.54) is 24.3 Å². The van der Waals surface area contributed by atoms with E-state index in [2.05, 4.69) is 0 Å². The molecule has 8 heteroatoms. The van der Waals surface area contributed by atoms with Crippen molar-refractivity contribution >= 4 is 46.7 Å². The molecule has 0 N–H and O–H groups in total. The van der Waals surface area contributed by atoms with E-state index in [0.29, 0.717) is 0 Å². The summed E-state index contributed by atoms with van der Waals surface area (Å²) in [6.07, 6.45) is 0.877. The molecule has 0 bridgehead atoms. The van der Waals surface area contributed by atoms with E-state index in [0.717, 1.165) is 6.08 Å². The van der Waals surface area contributed by atoms with E-state index in [-0.39, 0.29) is 33.2 Å². The maximum atomic E-state index is 12.7. The van der Waals surface area contributed by atoms with Gasteiger partial charge in [0.2, 0.25) is 11.6 Å². The third-order valence-electron chi connectivity index (χ3n) is 4.20. The van der Waals surface area contributed by atoms with Crippen LogP contribution in [0, 0.1) is 0 Å². The molecule has 1 aliphatic rings. The van der Waals surface area contributed by atoms with Crippen LogP contribution in [0.15, 0.2) is 71.7 Å². The molecule has 0 radical (unpaired) electrons. The highest BCUT2D eigenvalue weighted by molar-refractivity contribution is 6.34. The van der Waals surface area contributed by atoms with Crippen LogP contribution in [0.4, 0.5) is 0 Å². The van der Waals surface area contributed by atoms with Crippen LogP contribution in [0.2, 0.25) is 10.0 Å². The molecule has 0 atom stereocenters. The molecule has 0 saturated heterocycles. The van der Waals surface area contributed by atoms with Crippen LogP contribution in [0.1, 0.15) is 34.1 Å². The molecular formula is C22H14Cl2O6. The monoisotopic (exact) mass is 444 g/mol. The lowest BCUT2D eigenvalue weighted by Crippen LogP contribution is -2.25. The van der Waals surface area contributed by atoms with Gasteiger partial charge >= 0.3 is 11.9 Å². The Bertz CT molecular complexity index is 1130. The fraction of sp³-hybridized carbons (Fsp3) is 0.0909. The molecule has 0 heterocycles. The molecule has 0 fully saturated rings. The van der Waals surface area contributed by atoms with Gasteiger partial charge in [-0.15, -0.1) is 0 Å². The zero-order valence-electron chi connectivity index (χ0n) is 15.6. The van der Waals surface area contributed by atoms with E-state index in [9.17, 15) is 19.2 Å². The van der Waals surface area contributed by atoms with Crippen molar-refractivity contribution in [3.63, 3.8) is 0 Å². The summed E-state index contributed by atoms with van der Waals surface area (Å²) in [6.45, 7) is 1.60.